The van der Waals surface area contributed by atoms with Crippen LogP contribution in [0.3, 0.4) is 0 Å². The number of ether oxygens (including phenoxy) is 1. The lowest BCUT2D eigenvalue weighted by Gasteiger charge is -2.24. The fourth-order valence-corrected chi connectivity index (χ4v) is 2.86. The Hall–Kier alpha value is -2.91. The van der Waals surface area contributed by atoms with E-state index in [1.54, 1.807) is 39.0 Å². The maximum Gasteiger partial charge on any atom is 0.433 e. The smallest absolute Gasteiger partial charge is 0.433 e. The molecule has 3 heterocycles. The summed E-state index contributed by atoms with van der Waals surface area (Å²) in [5.74, 6) is -0.0889. The summed E-state index contributed by atoms with van der Waals surface area (Å²) < 4.78 is 45.2. The van der Waals surface area contributed by atoms with Gasteiger partial charge in [-0.15, -0.1) is 0 Å². The van der Waals surface area contributed by atoms with Crippen LogP contribution < -0.4 is 5.32 Å². The topological polar surface area (TPSA) is 80.2 Å². The van der Waals surface area contributed by atoms with E-state index in [-0.39, 0.29) is 23.4 Å². The number of hydrogen-bond acceptors (Lipinski definition) is 6. The lowest BCUT2D eigenvalue weighted by Crippen LogP contribution is -2.36. The van der Waals surface area contributed by atoms with Crippen molar-refractivity contribution in [1.29, 1.82) is 0 Å². The standard InChI is InChI=1S/C19H22F3N5O2/c1-18(2,3)29-17(28)27-9-7-12(11-27)24-15-10-14(19(20,21)22)25-16(26-15)13-6-4-5-8-23-13/h4-6,8,10,12H,7,9,11H2,1-3H3,(H,24,25,26). The maximum absolute atomic E-state index is 13.3. The Bertz CT molecular complexity index is 868. The van der Waals surface area contributed by atoms with Gasteiger partial charge in [0.15, 0.2) is 11.5 Å². The van der Waals surface area contributed by atoms with Crippen molar-refractivity contribution in [3.05, 3.63) is 36.2 Å². The van der Waals surface area contributed by atoms with Gasteiger partial charge in [0.25, 0.3) is 0 Å². The van der Waals surface area contributed by atoms with E-state index in [0.29, 0.717) is 19.5 Å². The molecule has 10 heteroatoms. The molecule has 29 heavy (non-hydrogen) atoms. The molecule has 3 rings (SSSR count). The second-order valence-corrected chi connectivity index (χ2v) is 7.73. The SMILES string of the molecule is CC(C)(C)OC(=O)N1CCC(Nc2cc(C(F)(F)F)nc(-c3ccccn3)n2)C1. The number of carbonyl (C=O) groups is 1. The van der Waals surface area contributed by atoms with Gasteiger partial charge in [0.05, 0.1) is 0 Å². The van der Waals surface area contributed by atoms with E-state index in [1.807, 2.05) is 0 Å². The molecule has 7 nitrogen and oxygen atoms in total. The molecule has 0 radical (unpaired) electrons. The number of carbonyl (C=O) groups excluding carboxylic acids is 1. The van der Waals surface area contributed by atoms with Gasteiger partial charge in [0, 0.05) is 31.4 Å². The summed E-state index contributed by atoms with van der Waals surface area (Å²) in [7, 11) is 0. The molecule has 0 spiro atoms. The number of pyridine rings is 1. The van der Waals surface area contributed by atoms with Crippen molar-refractivity contribution in [2.75, 3.05) is 18.4 Å². The fraction of sp³-hybridized carbons (Fsp3) is 0.474. The number of likely N-dealkylation sites (tertiary alicyclic amines) is 1. The van der Waals surface area contributed by atoms with Crippen molar-refractivity contribution in [2.24, 2.45) is 0 Å². The van der Waals surface area contributed by atoms with Crippen LogP contribution in [0, 0.1) is 0 Å². The highest BCUT2D eigenvalue weighted by atomic mass is 19.4. The Labute approximate surface area is 166 Å². The lowest BCUT2D eigenvalue weighted by atomic mass is 10.2. The van der Waals surface area contributed by atoms with Gasteiger partial charge in [-0.25, -0.2) is 14.8 Å². The Balaban J connectivity index is 1.78. The normalized spacial score (nSPS) is 17.3. The number of alkyl halides is 3. The van der Waals surface area contributed by atoms with Crippen LogP contribution in [0.5, 0.6) is 0 Å². The average Bonchev–Trinajstić information content (AvgIpc) is 3.09. The number of rotatable bonds is 3. The first-order valence-corrected chi connectivity index (χ1v) is 9.13. The predicted molar refractivity (Wildman–Crippen MR) is 100 cm³/mol. The van der Waals surface area contributed by atoms with E-state index in [2.05, 4.69) is 20.3 Å². The van der Waals surface area contributed by atoms with Gasteiger partial charge >= 0.3 is 12.3 Å². The third-order valence-corrected chi connectivity index (χ3v) is 4.10. The van der Waals surface area contributed by atoms with Gasteiger partial charge in [-0.1, -0.05) is 6.07 Å². The first-order valence-electron chi connectivity index (χ1n) is 9.13. The second kappa shape index (κ2) is 7.84. The maximum atomic E-state index is 13.3. The highest BCUT2D eigenvalue weighted by Gasteiger charge is 2.35. The minimum absolute atomic E-state index is 0.0315. The van der Waals surface area contributed by atoms with Crippen molar-refractivity contribution in [3.8, 4) is 11.5 Å². The van der Waals surface area contributed by atoms with E-state index in [1.165, 1.54) is 11.1 Å². The summed E-state index contributed by atoms with van der Waals surface area (Å²) in [4.78, 5) is 25.5. The van der Waals surface area contributed by atoms with Crippen LogP contribution in [-0.2, 0) is 10.9 Å². The van der Waals surface area contributed by atoms with Crippen LogP contribution in [-0.4, -0.2) is 50.7 Å². The van der Waals surface area contributed by atoms with Gasteiger partial charge in [-0.05, 0) is 39.3 Å². The quantitative estimate of drug-likeness (QED) is 0.826. The first kappa shape index (κ1) is 20.8. The molecule has 0 aliphatic carbocycles. The number of halogens is 3. The molecule has 1 N–H and O–H groups in total. The Kier molecular flexibility index (Phi) is 5.63. The minimum atomic E-state index is -4.62. The highest BCUT2D eigenvalue weighted by molar-refractivity contribution is 5.68. The second-order valence-electron chi connectivity index (χ2n) is 7.73. The molecule has 2 aromatic heterocycles. The van der Waals surface area contributed by atoms with Crippen LogP contribution in [0.4, 0.5) is 23.8 Å². The number of nitrogens with zero attached hydrogens (tertiary/aromatic N) is 4. The molecule has 0 bridgehead atoms. The zero-order valence-electron chi connectivity index (χ0n) is 16.3. The lowest BCUT2D eigenvalue weighted by molar-refractivity contribution is -0.141. The third kappa shape index (κ3) is 5.55. The molecule has 1 aliphatic heterocycles. The van der Waals surface area contributed by atoms with Crippen molar-refractivity contribution in [2.45, 2.75) is 45.0 Å². The van der Waals surface area contributed by atoms with Gasteiger partial charge in [-0.3, -0.25) is 4.98 Å². The van der Waals surface area contributed by atoms with Crippen LogP contribution in [0.1, 0.15) is 32.9 Å². The molecule has 156 valence electrons. The molecule has 0 aromatic carbocycles. The number of aromatic nitrogens is 3. The summed E-state index contributed by atoms with van der Waals surface area (Å²) >= 11 is 0. The van der Waals surface area contributed by atoms with Gasteiger partial charge in [-0.2, -0.15) is 13.2 Å². The Morgan fingerprint density at radius 1 is 1.24 bits per heavy atom. The van der Waals surface area contributed by atoms with Gasteiger partial charge in [0.2, 0.25) is 0 Å². The number of nitrogens with one attached hydrogen (secondary N) is 1. The van der Waals surface area contributed by atoms with Crippen LogP contribution in [0.25, 0.3) is 11.5 Å². The zero-order valence-corrected chi connectivity index (χ0v) is 16.3. The van der Waals surface area contributed by atoms with Crippen molar-refractivity contribution in [1.82, 2.24) is 19.9 Å². The predicted octanol–water partition coefficient (Wildman–Crippen LogP) is 3.98. The highest BCUT2D eigenvalue weighted by Crippen LogP contribution is 2.31. The van der Waals surface area contributed by atoms with E-state index in [4.69, 9.17) is 4.74 Å². The van der Waals surface area contributed by atoms with Crippen molar-refractivity contribution >= 4 is 11.9 Å². The molecule has 1 amide bonds. The van der Waals surface area contributed by atoms with Gasteiger partial charge < -0.3 is 15.0 Å². The van der Waals surface area contributed by atoms with Crippen molar-refractivity contribution in [3.63, 3.8) is 0 Å². The number of anilines is 1. The zero-order chi connectivity index (χ0) is 21.2. The van der Waals surface area contributed by atoms with Crippen LogP contribution in [0.15, 0.2) is 30.5 Å². The molecule has 1 atom stereocenters. The molecule has 2 aromatic rings. The molecule has 0 saturated carbocycles. The third-order valence-electron chi connectivity index (χ3n) is 4.10. The van der Waals surface area contributed by atoms with Crippen LogP contribution in [0.2, 0.25) is 0 Å². The van der Waals surface area contributed by atoms with E-state index in [0.717, 1.165) is 6.07 Å². The molecule has 1 unspecified atom stereocenters. The summed E-state index contributed by atoms with van der Waals surface area (Å²) in [5.41, 5.74) is -1.44. The Morgan fingerprint density at radius 2 is 2.00 bits per heavy atom. The number of hydrogen-bond donors (Lipinski definition) is 1. The molecular formula is C19H22F3N5O2. The first-order chi connectivity index (χ1) is 13.5. The van der Waals surface area contributed by atoms with Crippen LogP contribution >= 0.6 is 0 Å². The molecule has 1 aliphatic rings. The van der Waals surface area contributed by atoms with E-state index in [9.17, 15) is 18.0 Å². The number of amides is 1. The largest absolute Gasteiger partial charge is 0.444 e. The fourth-order valence-electron chi connectivity index (χ4n) is 2.86. The summed E-state index contributed by atoms with van der Waals surface area (Å²) in [6.45, 7) is 6.07. The van der Waals surface area contributed by atoms with E-state index < -0.39 is 23.6 Å². The summed E-state index contributed by atoms with van der Waals surface area (Å²) in [6, 6.07) is 5.45. The summed E-state index contributed by atoms with van der Waals surface area (Å²) in [6.07, 6.45) is -3.05. The molecule has 1 saturated heterocycles. The molecule has 1 fully saturated rings. The Morgan fingerprint density at radius 3 is 2.62 bits per heavy atom. The monoisotopic (exact) mass is 409 g/mol. The average molecular weight is 409 g/mol. The summed E-state index contributed by atoms with van der Waals surface area (Å²) in [5, 5.41) is 2.98. The van der Waals surface area contributed by atoms with E-state index >= 15 is 0 Å². The van der Waals surface area contributed by atoms with Crippen molar-refractivity contribution < 1.29 is 22.7 Å². The van der Waals surface area contributed by atoms with Gasteiger partial charge in [0.1, 0.15) is 17.1 Å². The minimum Gasteiger partial charge on any atom is -0.444 e. The molecular weight excluding hydrogens is 387 g/mol.